The Morgan fingerprint density at radius 2 is 2.00 bits per heavy atom. The van der Waals surface area contributed by atoms with Crippen LogP contribution in [0.2, 0.25) is 0 Å². The largest absolute Gasteiger partial charge is 0.356 e. The van der Waals surface area contributed by atoms with Crippen LogP contribution < -0.4 is 5.73 Å². The van der Waals surface area contributed by atoms with Gasteiger partial charge in [-0.1, -0.05) is 51.1 Å². The van der Waals surface area contributed by atoms with Crippen LogP contribution in [0.4, 0.5) is 0 Å². The average Bonchev–Trinajstić information content (AvgIpc) is 3.00. The maximum atomic E-state index is 6.94. The van der Waals surface area contributed by atoms with E-state index in [9.17, 15) is 0 Å². The van der Waals surface area contributed by atoms with E-state index in [1.807, 2.05) is 6.07 Å². The molecule has 1 aliphatic rings. The summed E-state index contributed by atoms with van der Waals surface area (Å²) in [5.41, 5.74) is 10.7. The third-order valence-electron chi connectivity index (χ3n) is 5.36. The molecule has 118 valence electrons. The summed E-state index contributed by atoms with van der Waals surface area (Å²) in [4.78, 5) is 0. The second kappa shape index (κ2) is 5.54. The predicted octanol–water partition coefficient (Wildman–Crippen LogP) is 4.38. The van der Waals surface area contributed by atoms with Crippen LogP contribution in [0.25, 0.3) is 11.3 Å². The number of benzene rings is 1. The first-order chi connectivity index (χ1) is 10.4. The molecule has 22 heavy (non-hydrogen) atoms. The Hall–Kier alpha value is -1.61. The molecule has 1 aromatic heterocycles. The fraction of sp³-hybridized carbons (Fsp3) is 0.526. The SMILES string of the molecule is CC(C)C1c2c(cccc2-c2ccno2)CCC1(N)C(C)C. The van der Waals surface area contributed by atoms with E-state index in [1.54, 1.807) is 6.20 Å². The second-order valence-corrected chi connectivity index (χ2v) is 7.24. The van der Waals surface area contributed by atoms with E-state index in [0.717, 1.165) is 24.2 Å². The molecule has 2 N–H and O–H groups in total. The quantitative estimate of drug-likeness (QED) is 0.914. The number of hydrogen-bond acceptors (Lipinski definition) is 3. The maximum absolute atomic E-state index is 6.94. The normalized spacial score (nSPS) is 24.8. The van der Waals surface area contributed by atoms with Crippen molar-refractivity contribution in [2.75, 3.05) is 0 Å². The maximum Gasteiger partial charge on any atom is 0.167 e. The van der Waals surface area contributed by atoms with Crippen molar-refractivity contribution in [1.29, 1.82) is 0 Å². The van der Waals surface area contributed by atoms with Gasteiger partial charge in [-0.25, -0.2) is 0 Å². The summed E-state index contributed by atoms with van der Waals surface area (Å²) in [6, 6.07) is 8.44. The Labute approximate surface area is 132 Å². The minimum Gasteiger partial charge on any atom is -0.356 e. The molecule has 1 heterocycles. The Kier molecular flexibility index (Phi) is 3.85. The van der Waals surface area contributed by atoms with Gasteiger partial charge in [-0.3, -0.25) is 0 Å². The van der Waals surface area contributed by atoms with Crippen LogP contribution in [0.5, 0.6) is 0 Å². The first-order valence-electron chi connectivity index (χ1n) is 8.27. The number of aromatic nitrogens is 1. The topological polar surface area (TPSA) is 52.0 Å². The first-order valence-corrected chi connectivity index (χ1v) is 8.27. The molecule has 0 amide bonds. The van der Waals surface area contributed by atoms with Crippen molar-refractivity contribution in [3.63, 3.8) is 0 Å². The Morgan fingerprint density at radius 1 is 1.23 bits per heavy atom. The van der Waals surface area contributed by atoms with Gasteiger partial charge >= 0.3 is 0 Å². The van der Waals surface area contributed by atoms with Crippen molar-refractivity contribution in [3.05, 3.63) is 41.6 Å². The molecular weight excluding hydrogens is 272 g/mol. The van der Waals surface area contributed by atoms with Crippen LogP contribution in [0, 0.1) is 11.8 Å². The zero-order chi connectivity index (χ0) is 15.9. The molecule has 2 atom stereocenters. The van der Waals surface area contributed by atoms with Crippen LogP contribution in [-0.2, 0) is 6.42 Å². The third kappa shape index (κ3) is 2.28. The molecular formula is C19H26N2O. The summed E-state index contributed by atoms with van der Waals surface area (Å²) in [5.74, 6) is 2.10. The van der Waals surface area contributed by atoms with E-state index in [4.69, 9.17) is 10.3 Å². The average molecular weight is 298 g/mol. The smallest absolute Gasteiger partial charge is 0.167 e. The zero-order valence-electron chi connectivity index (χ0n) is 14.0. The predicted molar refractivity (Wildman–Crippen MR) is 89.6 cm³/mol. The third-order valence-corrected chi connectivity index (χ3v) is 5.36. The molecule has 1 aromatic carbocycles. The van der Waals surface area contributed by atoms with E-state index in [2.05, 4.69) is 51.1 Å². The van der Waals surface area contributed by atoms with Crippen molar-refractivity contribution in [3.8, 4) is 11.3 Å². The Morgan fingerprint density at radius 3 is 2.59 bits per heavy atom. The highest BCUT2D eigenvalue weighted by Crippen LogP contribution is 2.49. The number of hydrogen-bond donors (Lipinski definition) is 1. The Balaban J connectivity index is 2.22. The van der Waals surface area contributed by atoms with Crippen molar-refractivity contribution < 1.29 is 4.52 Å². The summed E-state index contributed by atoms with van der Waals surface area (Å²) in [5, 5.41) is 3.88. The highest BCUT2D eigenvalue weighted by atomic mass is 16.5. The van der Waals surface area contributed by atoms with Crippen LogP contribution >= 0.6 is 0 Å². The van der Waals surface area contributed by atoms with Gasteiger partial charge in [-0.05, 0) is 35.8 Å². The van der Waals surface area contributed by atoms with Gasteiger partial charge < -0.3 is 10.3 Å². The van der Waals surface area contributed by atoms with E-state index < -0.39 is 0 Å². The lowest BCUT2D eigenvalue weighted by atomic mass is 9.60. The highest BCUT2D eigenvalue weighted by Gasteiger charge is 2.45. The van der Waals surface area contributed by atoms with Gasteiger partial charge in [0.05, 0.1) is 6.20 Å². The zero-order valence-corrected chi connectivity index (χ0v) is 14.0. The number of fused-ring (bicyclic) bond motifs is 1. The number of nitrogens with two attached hydrogens (primary N) is 1. The van der Waals surface area contributed by atoms with Crippen LogP contribution in [0.15, 0.2) is 35.0 Å². The monoisotopic (exact) mass is 298 g/mol. The van der Waals surface area contributed by atoms with Gasteiger partial charge in [0.1, 0.15) is 0 Å². The summed E-state index contributed by atoms with van der Waals surface area (Å²) in [7, 11) is 0. The number of rotatable bonds is 3. The van der Waals surface area contributed by atoms with Gasteiger partial charge in [0.2, 0.25) is 0 Å². The molecule has 0 fully saturated rings. The molecule has 0 spiro atoms. The molecule has 2 unspecified atom stereocenters. The van der Waals surface area contributed by atoms with Crippen molar-refractivity contribution in [2.24, 2.45) is 17.6 Å². The number of nitrogens with zero attached hydrogens (tertiary/aromatic N) is 1. The van der Waals surface area contributed by atoms with Gasteiger partial charge in [0, 0.05) is 23.1 Å². The molecule has 0 bridgehead atoms. The lowest BCUT2D eigenvalue weighted by molar-refractivity contribution is 0.185. The van der Waals surface area contributed by atoms with E-state index >= 15 is 0 Å². The highest BCUT2D eigenvalue weighted by molar-refractivity contribution is 5.66. The fourth-order valence-electron chi connectivity index (χ4n) is 4.15. The minimum atomic E-state index is -0.169. The summed E-state index contributed by atoms with van der Waals surface area (Å²) >= 11 is 0. The fourth-order valence-corrected chi connectivity index (χ4v) is 4.15. The van der Waals surface area contributed by atoms with E-state index in [1.165, 1.54) is 11.1 Å². The molecule has 3 nitrogen and oxygen atoms in total. The molecule has 3 rings (SSSR count). The number of aryl methyl sites for hydroxylation is 1. The standard InChI is InChI=1S/C19H26N2O/c1-12(2)18-17-14(8-10-19(18,20)13(3)4)6-5-7-15(17)16-9-11-21-22-16/h5-7,9,11-13,18H,8,10,20H2,1-4H3. The van der Waals surface area contributed by atoms with Crippen molar-refractivity contribution in [1.82, 2.24) is 5.16 Å². The lowest BCUT2D eigenvalue weighted by Gasteiger charge is -2.48. The van der Waals surface area contributed by atoms with Gasteiger partial charge in [-0.15, -0.1) is 0 Å². The van der Waals surface area contributed by atoms with Crippen LogP contribution in [0.3, 0.4) is 0 Å². The minimum absolute atomic E-state index is 0.169. The molecule has 2 aromatic rings. The molecule has 0 radical (unpaired) electrons. The van der Waals surface area contributed by atoms with Crippen LogP contribution in [0.1, 0.15) is 51.2 Å². The lowest BCUT2D eigenvalue weighted by Crippen LogP contribution is -2.54. The van der Waals surface area contributed by atoms with Crippen LogP contribution in [-0.4, -0.2) is 10.7 Å². The molecule has 1 aliphatic carbocycles. The van der Waals surface area contributed by atoms with Gasteiger partial charge in [0.25, 0.3) is 0 Å². The summed E-state index contributed by atoms with van der Waals surface area (Å²) in [6.07, 6.45) is 3.79. The molecule has 0 saturated heterocycles. The van der Waals surface area contributed by atoms with Crippen molar-refractivity contribution in [2.45, 2.75) is 52.0 Å². The molecule has 3 heteroatoms. The Bertz CT molecular complexity index is 645. The summed E-state index contributed by atoms with van der Waals surface area (Å²) in [6.45, 7) is 9.05. The van der Waals surface area contributed by atoms with Gasteiger partial charge in [-0.2, -0.15) is 0 Å². The second-order valence-electron chi connectivity index (χ2n) is 7.24. The summed E-state index contributed by atoms with van der Waals surface area (Å²) < 4.78 is 5.45. The van der Waals surface area contributed by atoms with E-state index in [-0.39, 0.29) is 5.54 Å². The van der Waals surface area contributed by atoms with Gasteiger partial charge in [0.15, 0.2) is 5.76 Å². The first kappa shape index (κ1) is 15.3. The van der Waals surface area contributed by atoms with Crippen molar-refractivity contribution >= 4 is 0 Å². The van der Waals surface area contributed by atoms with E-state index in [0.29, 0.717) is 17.8 Å². The molecule has 0 aliphatic heterocycles. The molecule has 0 saturated carbocycles.